The van der Waals surface area contributed by atoms with Crippen LogP contribution in [-0.2, 0) is 5.41 Å². The molecule has 0 unspecified atom stereocenters. The van der Waals surface area contributed by atoms with E-state index in [2.05, 4.69) is 26.8 Å². The Bertz CT molecular complexity index is 228. The lowest BCUT2D eigenvalue weighted by Gasteiger charge is -2.18. The third-order valence-electron chi connectivity index (χ3n) is 1.64. The van der Waals surface area contributed by atoms with Gasteiger partial charge in [0.05, 0.1) is 0 Å². The molecule has 1 aromatic carbocycles. The molecule has 0 heterocycles. The average molecular weight is 168 g/mol. The summed E-state index contributed by atoms with van der Waals surface area (Å²) in [6.45, 7) is 6.51. The molecule has 1 radical (unpaired) electrons. The van der Waals surface area contributed by atoms with Crippen molar-refractivity contribution in [2.75, 3.05) is 0 Å². The summed E-state index contributed by atoms with van der Waals surface area (Å²) in [5, 5.41) is 0.679. The second-order valence-corrected chi connectivity index (χ2v) is 4.08. The summed E-state index contributed by atoms with van der Waals surface area (Å²) in [7, 11) is 0. The molecule has 0 aliphatic heterocycles. The summed E-state index contributed by atoms with van der Waals surface area (Å²) in [6.07, 6.45) is 0. The van der Waals surface area contributed by atoms with Crippen molar-refractivity contribution < 1.29 is 0 Å². The zero-order chi connectivity index (χ0) is 8.48. The van der Waals surface area contributed by atoms with Gasteiger partial charge in [0.15, 0.2) is 0 Å². The summed E-state index contributed by atoms with van der Waals surface area (Å²) in [6, 6.07) is 8.84. The largest absolute Gasteiger partial charge is 0.0837 e. The highest BCUT2D eigenvalue weighted by molar-refractivity contribution is 6.30. The van der Waals surface area contributed by atoms with Gasteiger partial charge in [0.2, 0.25) is 0 Å². The summed E-state index contributed by atoms with van der Waals surface area (Å²) >= 11 is 5.71. The highest BCUT2D eigenvalue weighted by Crippen LogP contribution is 2.22. The Hall–Kier alpha value is -0.490. The fourth-order valence-electron chi connectivity index (χ4n) is 0.872. The zero-order valence-electron chi connectivity index (χ0n) is 7.11. The first-order valence-corrected chi connectivity index (χ1v) is 4.05. The van der Waals surface area contributed by atoms with E-state index >= 15 is 0 Å². The predicted octanol–water partition coefficient (Wildman–Crippen LogP) is 3.44. The van der Waals surface area contributed by atoms with Crippen molar-refractivity contribution in [3.63, 3.8) is 0 Å². The van der Waals surface area contributed by atoms with Crippen LogP contribution in [0.3, 0.4) is 0 Å². The Balaban J connectivity index is 2.99. The van der Waals surface area contributed by atoms with E-state index in [1.807, 2.05) is 18.2 Å². The van der Waals surface area contributed by atoms with E-state index in [4.69, 9.17) is 11.6 Å². The molecular weight excluding hydrogens is 156 g/mol. The standard InChI is InChI=1S/C10H12Cl/c1-10(2,3)8-4-6-9(11)7-5-8/h4-6H,1-3H3. The van der Waals surface area contributed by atoms with E-state index in [9.17, 15) is 0 Å². The minimum Gasteiger partial charge on any atom is -0.0837 e. The Morgan fingerprint density at radius 2 is 1.91 bits per heavy atom. The molecule has 0 nitrogen and oxygen atoms in total. The number of benzene rings is 1. The van der Waals surface area contributed by atoms with Crippen molar-refractivity contribution in [3.05, 3.63) is 34.9 Å². The average Bonchev–Trinajstić information content (AvgIpc) is 1.86. The summed E-state index contributed by atoms with van der Waals surface area (Å²) in [5.74, 6) is 0. The molecule has 0 aromatic heterocycles. The normalized spacial score (nSPS) is 11.6. The van der Waals surface area contributed by atoms with Gasteiger partial charge in [0, 0.05) is 11.1 Å². The molecular formula is C10H12Cl. The van der Waals surface area contributed by atoms with Crippen molar-refractivity contribution >= 4 is 11.6 Å². The van der Waals surface area contributed by atoms with Crippen LogP contribution >= 0.6 is 11.6 Å². The molecule has 0 saturated carbocycles. The van der Waals surface area contributed by atoms with E-state index in [-0.39, 0.29) is 5.41 Å². The van der Waals surface area contributed by atoms with E-state index < -0.39 is 0 Å². The second kappa shape index (κ2) is 2.86. The van der Waals surface area contributed by atoms with Crippen LogP contribution in [-0.4, -0.2) is 0 Å². The smallest absolute Gasteiger partial charge is 0.0485 e. The molecule has 1 rings (SSSR count). The minimum absolute atomic E-state index is 0.196. The summed E-state index contributed by atoms with van der Waals surface area (Å²) < 4.78 is 0. The van der Waals surface area contributed by atoms with Crippen LogP contribution in [0.2, 0.25) is 5.02 Å². The third-order valence-corrected chi connectivity index (χ3v) is 1.88. The molecule has 1 aromatic rings. The van der Waals surface area contributed by atoms with Gasteiger partial charge in [0.25, 0.3) is 0 Å². The molecule has 59 valence electrons. The van der Waals surface area contributed by atoms with Crippen molar-refractivity contribution in [1.29, 1.82) is 0 Å². The van der Waals surface area contributed by atoms with Crippen molar-refractivity contribution in [3.8, 4) is 0 Å². The van der Waals surface area contributed by atoms with Crippen LogP contribution in [0.1, 0.15) is 26.3 Å². The molecule has 11 heavy (non-hydrogen) atoms. The lowest BCUT2D eigenvalue weighted by Crippen LogP contribution is -2.10. The lowest BCUT2D eigenvalue weighted by atomic mass is 9.87. The van der Waals surface area contributed by atoms with Gasteiger partial charge >= 0.3 is 0 Å². The van der Waals surface area contributed by atoms with Crippen LogP contribution < -0.4 is 0 Å². The topological polar surface area (TPSA) is 0 Å². The highest BCUT2D eigenvalue weighted by atomic mass is 35.5. The fourth-order valence-corrected chi connectivity index (χ4v) is 0.990. The molecule has 0 fully saturated rings. The predicted molar refractivity (Wildman–Crippen MR) is 49.0 cm³/mol. The molecule has 0 atom stereocenters. The number of halogens is 1. The summed E-state index contributed by atoms with van der Waals surface area (Å²) in [5.41, 5.74) is 1.46. The van der Waals surface area contributed by atoms with E-state index in [0.29, 0.717) is 5.02 Å². The maximum Gasteiger partial charge on any atom is 0.0485 e. The molecule has 0 saturated heterocycles. The van der Waals surface area contributed by atoms with Gasteiger partial charge in [-0.15, -0.1) is 0 Å². The zero-order valence-corrected chi connectivity index (χ0v) is 7.87. The van der Waals surface area contributed by atoms with Gasteiger partial charge in [0.1, 0.15) is 0 Å². The Morgan fingerprint density at radius 3 is 2.27 bits per heavy atom. The molecule has 0 aliphatic rings. The monoisotopic (exact) mass is 167 g/mol. The SMILES string of the molecule is CC(C)(C)c1c[c]c(Cl)cc1. The quantitative estimate of drug-likeness (QED) is 0.556. The number of hydrogen-bond donors (Lipinski definition) is 0. The summed E-state index contributed by atoms with van der Waals surface area (Å²) in [4.78, 5) is 0. The molecule has 0 spiro atoms. The highest BCUT2D eigenvalue weighted by Gasteiger charge is 2.12. The van der Waals surface area contributed by atoms with Crippen molar-refractivity contribution in [2.45, 2.75) is 26.2 Å². The van der Waals surface area contributed by atoms with Crippen molar-refractivity contribution in [1.82, 2.24) is 0 Å². The third kappa shape index (κ3) is 2.23. The first kappa shape index (κ1) is 8.61. The second-order valence-electron chi connectivity index (χ2n) is 3.68. The van der Waals surface area contributed by atoms with Gasteiger partial charge in [-0.05, 0) is 23.1 Å². The van der Waals surface area contributed by atoms with Gasteiger partial charge in [-0.2, -0.15) is 0 Å². The van der Waals surface area contributed by atoms with Crippen LogP contribution in [0.25, 0.3) is 0 Å². The van der Waals surface area contributed by atoms with Gasteiger partial charge in [-0.1, -0.05) is 38.4 Å². The number of hydrogen-bond acceptors (Lipinski definition) is 0. The molecule has 0 amide bonds. The maximum absolute atomic E-state index is 5.71. The molecule has 0 aliphatic carbocycles. The first-order chi connectivity index (χ1) is 5.00. The van der Waals surface area contributed by atoms with Gasteiger partial charge < -0.3 is 0 Å². The first-order valence-electron chi connectivity index (χ1n) is 3.68. The van der Waals surface area contributed by atoms with Gasteiger partial charge in [-0.3, -0.25) is 0 Å². The van der Waals surface area contributed by atoms with E-state index in [1.54, 1.807) is 0 Å². The Morgan fingerprint density at radius 1 is 1.27 bits per heavy atom. The minimum atomic E-state index is 0.196. The molecule has 0 N–H and O–H groups in total. The lowest BCUT2D eigenvalue weighted by molar-refractivity contribution is 0.590. The molecule has 1 heteroatoms. The van der Waals surface area contributed by atoms with Crippen LogP contribution in [0.15, 0.2) is 18.2 Å². The van der Waals surface area contributed by atoms with Crippen LogP contribution in [0.5, 0.6) is 0 Å². The Labute approximate surface area is 73.2 Å². The van der Waals surface area contributed by atoms with E-state index in [0.717, 1.165) is 0 Å². The maximum atomic E-state index is 5.71. The van der Waals surface area contributed by atoms with Crippen LogP contribution in [0, 0.1) is 6.07 Å². The van der Waals surface area contributed by atoms with Gasteiger partial charge in [-0.25, -0.2) is 0 Å². The van der Waals surface area contributed by atoms with Crippen LogP contribution in [0.4, 0.5) is 0 Å². The fraction of sp³-hybridized carbons (Fsp3) is 0.400. The van der Waals surface area contributed by atoms with E-state index in [1.165, 1.54) is 5.56 Å². The Kier molecular flexibility index (Phi) is 2.24. The van der Waals surface area contributed by atoms with Crippen molar-refractivity contribution in [2.24, 2.45) is 0 Å². The molecule has 0 bridgehead atoms. The number of rotatable bonds is 0.